The van der Waals surface area contributed by atoms with Crippen molar-refractivity contribution >= 4 is 32.5 Å². The average molecular weight is 369 g/mol. The van der Waals surface area contributed by atoms with Crippen molar-refractivity contribution in [3.05, 3.63) is 72.3 Å². The number of rotatable bonds is 5. The molecule has 0 aliphatic rings. The van der Waals surface area contributed by atoms with Crippen molar-refractivity contribution in [1.29, 1.82) is 0 Å². The molecule has 0 saturated carbocycles. The van der Waals surface area contributed by atoms with Crippen molar-refractivity contribution < 1.29 is 17.4 Å². The van der Waals surface area contributed by atoms with E-state index in [1.54, 1.807) is 18.2 Å². The molecule has 0 heterocycles. The van der Waals surface area contributed by atoms with Crippen LogP contribution in [0, 0.1) is 6.92 Å². The summed E-state index contributed by atoms with van der Waals surface area (Å²) >= 11 is 0. The lowest BCUT2D eigenvalue weighted by Crippen LogP contribution is -2.30. The predicted molar refractivity (Wildman–Crippen MR) is 101 cm³/mol. The summed E-state index contributed by atoms with van der Waals surface area (Å²) in [5.41, 5.74) is 1.52. The van der Waals surface area contributed by atoms with E-state index >= 15 is 0 Å². The molecule has 3 aromatic carbocycles. The molecule has 3 rings (SSSR count). The quantitative estimate of drug-likeness (QED) is 0.693. The van der Waals surface area contributed by atoms with Crippen LogP contribution in [0.2, 0.25) is 0 Å². The zero-order chi connectivity index (χ0) is 18.7. The van der Waals surface area contributed by atoms with Crippen LogP contribution >= 0.6 is 0 Å². The molecule has 1 N–H and O–H groups in total. The highest BCUT2D eigenvalue weighted by Crippen LogP contribution is 2.20. The fraction of sp³-hybridized carbons (Fsp3) is 0.150. The van der Waals surface area contributed by atoms with E-state index < -0.39 is 22.1 Å². The van der Waals surface area contributed by atoms with Gasteiger partial charge in [0.15, 0.2) is 6.10 Å². The fourth-order valence-corrected chi connectivity index (χ4v) is 3.55. The van der Waals surface area contributed by atoms with Gasteiger partial charge in [-0.2, -0.15) is 8.42 Å². The number of hydrogen-bond donors (Lipinski definition) is 1. The molecular weight excluding hydrogens is 350 g/mol. The number of aryl methyl sites for hydroxylation is 1. The van der Waals surface area contributed by atoms with Crippen molar-refractivity contribution in [2.24, 2.45) is 0 Å². The van der Waals surface area contributed by atoms with Gasteiger partial charge in [-0.1, -0.05) is 48.0 Å². The lowest BCUT2D eigenvalue weighted by molar-refractivity contribution is -0.121. The third-order valence-corrected chi connectivity index (χ3v) is 5.36. The van der Waals surface area contributed by atoms with Crippen LogP contribution < -0.4 is 5.32 Å². The lowest BCUT2D eigenvalue weighted by atomic mass is 10.1. The van der Waals surface area contributed by atoms with E-state index in [0.717, 1.165) is 16.3 Å². The molecule has 1 atom stereocenters. The highest BCUT2D eigenvalue weighted by molar-refractivity contribution is 7.86. The smallest absolute Gasteiger partial charge is 0.297 e. The largest absolute Gasteiger partial charge is 0.324 e. The first kappa shape index (κ1) is 18.1. The third kappa shape index (κ3) is 4.09. The van der Waals surface area contributed by atoms with E-state index in [2.05, 4.69) is 5.32 Å². The monoisotopic (exact) mass is 369 g/mol. The number of carbonyl (C=O) groups is 1. The molecule has 0 spiro atoms. The molecule has 0 aromatic heterocycles. The van der Waals surface area contributed by atoms with Crippen LogP contribution in [0.25, 0.3) is 10.8 Å². The third-order valence-electron chi connectivity index (χ3n) is 3.97. The van der Waals surface area contributed by atoms with Gasteiger partial charge in [-0.3, -0.25) is 8.98 Å². The lowest BCUT2D eigenvalue weighted by Gasteiger charge is -2.14. The first-order chi connectivity index (χ1) is 12.3. The summed E-state index contributed by atoms with van der Waals surface area (Å²) in [5, 5.41) is 4.72. The van der Waals surface area contributed by atoms with Crippen molar-refractivity contribution in [1.82, 2.24) is 0 Å². The Kier molecular flexibility index (Phi) is 5.06. The van der Waals surface area contributed by atoms with Crippen LogP contribution in [-0.2, 0) is 19.1 Å². The Hall–Kier alpha value is -2.70. The molecule has 0 radical (unpaired) electrons. The minimum absolute atomic E-state index is 0.0217. The van der Waals surface area contributed by atoms with Gasteiger partial charge < -0.3 is 5.32 Å². The van der Waals surface area contributed by atoms with E-state index in [1.165, 1.54) is 19.1 Å². The number of carbonyl (C=O) groups excluding carboxylic acids is 1. The van der Waals surface area contributed by atoms with Crippen molar-refractivity contribution in [3.63, 3.8) is 0 Å². The van der Waals surface area contributed by atoms with Gasteiger partial charge in [0.2, 0.25) is 0 Å². The van der Waals surface area contributed by atoms with Gasteiger partial charge in [-0.05, 0) is 48.9 Å². The van der Waals surface area contributed by atoms with Gasteiger partial charge in [-0.25, -0.2) is 0 Å². The molecule has 134 valence electrons. The molecule has 0 saturated heterocycles. The summed E-state index contributed by atoms with van der Waals surface area (Å²) in [6.45, 7) is 3.26. The maximum absolute atomic E-state index is 12.3. The zero-order valence-corrected chi connectivity index (χ0v) is 15.3. The second-order valence-corrected chi connectivity index (χ2v) is 7.63. The average Bonchev–Trinajstić information content (AvgIpc) is 2.61. The van der Waals surface area contributed by atoms with Gasteiger partial charge in [-0.15, -0.1) is 0 Å². The Bertz CT molecular complexity index is 1040. The highest BCUT2D eigenvalue weighted by atomic mass is 32.2. The Balaban J connectivity index is 1.71. The Labute approximate surface area is 152 Å². The standard InChI is InChI=1S/C20H19NO4S/c1-14-7-11-19(12-8-14)26(23,24)25-15(2)20(22)21-18-10-9-16-5-3-4-6-17(16)13-18/h3-13,15H,1-2H3,(H,21,22)/t15-/m1/s1. The van der Waals surface area contributed by atoms with Crippen LogP contribution in [0.4, 0.5) is 5.69 Å². The topological polar surface area (TPSA) is 72.5 Å². The number of anilines is 1. The van der Waals surface area contributed by atoms with E-state index in [4.69, 9.17) is 4.18 Å². The summed E-state index contributed by atoms with van der Waals surface area (Å²) in [6, 6.07) is 19.5. The van der Waals surface area contributed by atoms with Crippen LogP contribution in [0.3, 0.4) is 0 Å². The van der Waals surface area contributed by atoms with E-state index in [0.29, 0.717) is 5.69 Å². The normalized spacial score (nSPS) is 12.7. The Morgan fingerprint density at radius 1 is 0.962 bits per heavy atom. The molecule has 1 amide bonds. The summed E-state index contributed by atoms with van der Waals surface area (Å²) in [4.78, 5) is 12.3. The molecule has 0 fully saturated rings. The van der Waals surface area contributed by atoms with E-state index in [-0.39, 0.29) is 4.90 Å². The molecule has 0 unspecified atom stereocenters. The van der Waals surface area contributed by atoms with Crippen LogP contribution in [-0.4, -0.2) is 20.4 Å². The van der Waals surface area contributed by atoms with Crippen LogP contribution in [0.1, 0.15) is 12.5 Å². The van der Waals surface area contributed by atoms with Gasteiger partial charge in [0.05, 0.1) is 4.90 Å². The van der Waals surface area contributed by atoms with Crippen molar-refractivity contribution in [2.75, 3.05) is 5.32 Å². The summed E-state index contributed by atoms with van der Waals surface area (Å²) in [5.74, 6) is -0.532. The first-order valence-electron chi connectivity index (χ1n) is 8.15. The zero-order valence-electron chi connectivity index (χ0n) is 14.5. The Morgan fingerprint density at radius 2 is 1.62 bits per heavy atom. The van der Waals surface area contributed by atoms with Crippen molar-refractivity contribution in [3.8, 4) is 0 Å². The van der Waals surface area contributed by atoms with Crippen molar-refractivity contribution in [2.45, 2.75) is 24.8 Å². The number of fused-ring (bicyclic) bond motifs is 1. The Morgan fingerprint density at radius 3 is 2.31 bits per heavy atom. The van der Waals surface area contributed by atoms with Gasteiger partial charge in [0, 0.05) is 5.69 Å². The van der Waals surface area contributed by atoms with E-state index in [9.17, 15) is 13.2 Å². The SMILES string of the molecule is Cc1ccc(S(=O)(=O)O[C@H](C)C(=O)Nc2ccc3ccccc3c2)cc1. The van der Waals surface area contributed by atoms with Gasteiger partial charge in [0.25, 0.3) is 16.0 Å². The minimum Gasteiger partial charge on any atom is -0.324 e. The molecule has 26 heavy (non-hydrogen) atoms. The molecular formula is C20H19NO4S. The fourth-order valence-electron chi connectivity index (χ4n) is 2.51. The maximum atomic E-state index is 12.3. The summed E-state index contributed by atoms with van der Waals surface area (Å²) in [6.07, 6.45) is -1.16. The van der Waals surface area contributed by atoms with Crippen LogP contribution in [0.15, 0.2) is 71.6 Å². The molecule has 3 aromatic rings. The summed E-state index contributed by atoms with van der Waals surface area (Å²) in [7, 11) is -4.01. The number of hydrogen-bond acceptors (Lipinski definition) is 4. The highest BCUT2D eigenvalue weighted by Gasteiger charge is 2.24. The van der Waals surface area contributed by atoms with Crippen LogP contribution in [0.5, 0.6) is 0 Å². The second kappa shape index (κ2) is 7.27. The van der Waals surface area contributed by atoms with E-state index in [1.807, 2.05) is 43.3 Å². The van der Waals surface area contributed by atoms with Gasteiger partial charge >= 0.3 is 0 Å². The first-order valence-corrected chi connectivity index (χ1v) is 9.55. The molecule has 0 bridgehead atoms. The molecule has 0 aliphatic carbocycles. The predicted octanol–water partition coefficient (Wildman–Crippen LogP) is 3.88. The minimum atomic E-state index is -4.01. The summed E-state index contributed by atoms with van der Waals surface area (Å²) < 4.78 is 29.6. The maximum Gasteiger partial charge on any atom is 0.297 e. The number of nitrogens with one attached hydrogen (secondary N) is 1. The van der Waals surface area contributed by atoms with Gasteiger partial charge in [0.1, 0.15) is 0 Å². The number of amides is 1. The molecule has 6 heteroatoms. The number of benzene rings is 3. The molecule has 5 nitrogen and oxygen atoms in total. The second-order valence-electron chi connectivity index (χ2n) is 6.06. The molecule has 0 aliphatic heterocycles.